The lowest BCUT2D eigenvalue weighted by atomic mass is 9.89. The molecule has 0 radical (unpaired) electrons. The largest absolute Gasteiger partial charge is 0.459 e. The Kier molecular flexibility index (Phi) is 7.38. The predicted octanol–water partition coefficient (Wildman–Crippen LogP) is 7.19. The quantitative estimate of drug-likeness (QED) is 0.190. The molecule has 0 fully saturated rings. The van der Waals surface area contributed by atoms with Crippen molar-refractivity contribution < 1.29 is 14.3 Å². The third-order valence-corrected chi connectivity index (χ3v) is 7.10. The molecule has 188 valence electrons. The maximum atomic E-state index is 11.7. The van der Waals surface area contributed by atoms with Gasteiger partial charge in [-0.25, -0.2) is 4.79 Å². The first-order chi connectivity index (χ1) is 18.0. The Balaban J connectivity index is 1.47. The molecule has 2 aliphatic carbocycles. The molecule has 2 aliphatic rings. The molecule has 2 unspecified atom stereocenters. The van der Waals surface area contributed by atoms with Gasteiger partial charge in [-0.2, -0.15) is 0 Å². The number of benzene rings is 3. The third kappa shape index (κ3) is 5.60. The summed E-state index contributed by atoms with van der Waals surface area (Å²) in [4.78, 5) is 14.0. The smallest absolute Gasteiger partial charge is 0.330 e. The maximum absolute atomic E-state index is 11.7. The molecule has 2 atom stereocenters. The minimum Gasteiger partial charge on any atom is -0.459 e. The molecule has 5 rings (SSSR count). The standard InChI is InChI=1S/C33H33NO3/c1-4-18-36-31-16-10-24-19-29(14-8-26(24)21-31)34(28-12-6-23(3)7-13-28)30-15-9-27-22-32(37-33(35)5-2)17-11-25(27)20-30/h4-10,12-16,19-20,31-32H,1-2,11,17-18,21-22H2,3H3. The molecular weight excluding hydrogens is 458 g/mol. The van der Waals surface area contributed by atoms with Gasteiger partial charge in [0.05, 0.1) is 12.7 Å². The third-order valence-electron chi connectivity index (χ3n) is 7.10. The van der Waals surface area contributed by atoms with Crippen LogP contribution in [-0.2, 0) is 33.5 Å². The van der Waals surface area contributed by atoms with Crippen LogP contribution in [0.3, 0.4) is 0 Å². The van der Waals surface area contributed by atoms with Crippen LogP contribution in [0.1, 0.15) is 34.2 Å². The van der Waals surface area contributed by atoms with E-state index in [9.17, 15) is 4.79 Å². The summed E-state index contributed by atoms with van der Waals surface area (Å²) < 4.78 is 11.4. The van der Waals surface area contributed by atoms with E-state index in [1.807, 2.05) is 0 Å². The number of hydrogen-bond donors (Lipinski definition) is 0. The van der Waals surface area contributed by atoms with E-state index >= 15 is 0 Å². The van der Waals surface area contributed by atoms with Crippen molar-refractivity contribution >= 4 is 29.1 Å². The Morgan fingerprint density at radius 1 is 0.946 bits per heavy atom. The highest BCUT2D eigenvalue weighted by Crippen LogP contribution is 2.38. The van der Waals surface area contributed by atoms with E-state index in [1.165, 1.54) is 33.9 Å². The number of fused-ring (bicyclic) bond motifs is 2. The predicted molar refractivity (Wildman–Crippen MR) is 151 cm³/mol. The second-order valence-corrected chi connectivity index (χ2v) is 9.74. The van der Waals surface area contributed by atoms with Gasteiger partial charge in [0.1, 0.15) is 6.10 Å². The van der Waals surface area contributed by atoms with E-state index in [-0.39, 0.29) is 18.2 Å². The normalized spacial score (nSPS) is 17.9. The number of esters is 1. The van der Waals surface area contributed by atoms with Crippen molar-refractivity contribution in [1.82, 2.24) is 0 Å². The van der Waals surface area contributed by atoms with Gasteiger partial charge in [0.2, 0.25) is 0 Å². The lowest BCUT2D eigenvalue weighted by Crippen LogP contribution is -2.25. The van der Waals surface area contributed by atoms with Crippen LogP contribution in [0.5, 0.6) is 0 Å². The van der Waals surface area contributed by atoms with Crippen LogP contribution in [0.25, 0.3) is 6.08 Å². The van der Waals surface area contributed by atoms with Gasteiger partial charge in [-0.1, -0.05) is 54.6 Å². The first-order valence-corrected chi connectivity index (χ1v) is 12.9. The number of aryl methyl sites for hydroxylation is 2. The van der Waals surface area contributed by atoms with Gasteiger partial charge >= 0.3 is 5.97 Å². The number of carbonyl (C=O) groups is 1. The summed E-state index contributed by atoms with van der Waals surface area (Å²) in [7, 11) is 0. The molecule has 3 aromatic carbocycles. The molecule has 0 amide bonds. The van der Waals surface area contributed by atoms with Crippen LogP contribution < -0.4 is 4.90 Å². The average Bonchev–Trinajstić information content (AvgIpc) is 2.93. The Hall–Kier alpha value is -3.89. The summed E-state index contributed by atoms with van der Waals surface area (Å²) in [6.07, 6.45) is 10.6. The van der Waals surface area contributed by atoms with E-state index in [4.69, 9.17) is 9.47 Å². The monoisotopic (exact) mass is 491 g/mol. The van der Waals surface area contributed by atoms with E-state index in [0.717, 1.165) is 42.7 Å². The van der Waals surface area contributed by atoms with Crippen LogP contribution in [0, 0.1) is 6.92 Å². The Bertz CT molecular complexity index is 1340. The molecule has 4 heteroatoms. The first kappa shape index (κ1) is 24.8. The van der Waals surface area contributed by atoms with Crippen LogP contribution in [0.15, 0.2) is 92.0 Å². The average molecular weight is 492 g/mol. The summed E-state index contributed by atoms with van der Waals surface area (Å²) >= 11 is 0. The van der Waals surface area contributed by atoms with Crippen LogP contribution in [0.2, 0.25) is 0 Å². The van der Waals surface area contributed by atoms with E-state index < -0.39 is 0 Å². The molecule has 4 nitrogen and oxygen atoms in total. The van der Waals surface area contributed by atoms with Crippen molar-refractivity contribution in [2.24, 2.45) is 0 Å². The van der Waals surface area contributed by atoms with Gasteiger partial charge in [0.15, 0.2) is 0 Å². The summed E-state index contributed by atoms with van der Waals surface area (Å²) in [5.74, 6) is -0.351. The molecule has 0 aromatic heterocycles. The SMILES string of the molecule is C=CCOC1C=Cc2cc(N(c3ccc(C)cc3)c3ccc4c(c3)CCC(OC(=O)C=C)C4)ccc2C1. The highest BCUT2D eigenvalue weighted by molar-refractivity contribution is 5.81. The molecule has 37 heavy (non-hydrogen) atoms. The number of nitrogens with zero attached hydrogens (tertiary/aromatic N) is 1. The summed E-state index contributed by atoms with van der Waals surface area (Å²) in [5.41, 5.74) is 9.63. The Labute approximate surface area is 219 Å². The second-order valence-electron chi connectivity index (χ2n) is 9.74. The fourth-order valence-corrected chi connectivity index (χ4v) is 5.17. The fraction of sp³-hybridized carbons (Fsp3) is 0.242. The van der Waals surface area contributed by atoms with Gasteiger partial charge in [-0.05, 0) is 78.4 Å². The highest BCUT2D eigenvalue weighted by atomic mass is 16.5. The van der Waals surface area contributed by atoms with Crippen LogP contribution in [0.4, 0.5) is 17.1 Å². The number of carbonyl (C=O) groups excluding carboxylic acids is 1. The van der Waals surface area contributed by atoms with Crippen molar-refractivity contribution in [2.75, 3.05) is 11.5 Å². The molecule has 0 bridgehead atoms. The van der Waals surface area contributed by atoms with Crippen LogP contribution >= 0.6 is 0 Å². The Morgan fingerprint density at radius 2 is 1.68 bits per heavy atom. The molecule has 0 N–H and O–H groups in total. The van der Waals surface area contributed by atoms with Gasteiger partial charge in [-0.15, -0.1) is 6.58 Å². The van der Waals surface area contributed by atoms with Gasteiger partial charge in [-0.3, -0.25) is 0 Å². The zero-order valence-corrected chi connectivity index (χ0v) is 21.4. The van der Waals surface area contributed by atoms with E-state index in [0.29, 0.717) is 6.61 Å². The lowest BCUT2D eigenvalue weighted by molar-refractivity contribution is -0.143. The summed E-state index contributed by atoms with van der Waals surface area (Å²) in [5, 5.41) is 0. The zero-order valence-electron chi connectivity index (χ0n) is 21.4. The molecule has 0 heterocycles. The van der Waals surface area contributed by atoms with Gasteiger partial charge in [0, 0.05) is 36.0 Å². The molecule has 3 aromatic rings. The minimum atomic E-state index is -0.351. The number of rotatable bonds is 8. The number of ether oxygens (including phenoxy) is 2. The van der Waals surface area contributed by atoms with Crippen molar-refractivity contribution in [1.29, 1.82) is 0 Å². The lowest BCUT2D eigenvalue weighted by Gasteiger charge is -2.30. The maximum Gasteiger partial charge on any atom is 0.330 e. The van der Waals surface area contributed by atoms with Gasteiger partial charge in [0.25, 0.3) is 0 Å². The molecule has 0 spiro atoms. The molecule has 0 aliphatic heterocycles. The van der Waals surface area contributed by atoms with Gasteiger partial charge < -0.3 is 14.4 Å². The highest BCUT2D eigenvalue weighted by Gasteiger charge is 2.23. The topological polar surface area (TPSA) is 38.8 Å². The number of anilines is 3. The van der Waals surface area contributed by atoms with E-state index in [2.05, 4.69) is 97.8 Å². The first-order valence-electron chi connectivity index (χ1n) is 12.9. The Morgan fingerprint density at radius 3 is 2.43 bits per heavy atom. The zero-order chi connectivity index (χ0) is 25.8. The van der Waals surface area contributed by atoms with Crippen LogP contribution in [-0.4, -0.2) is 24.8 Å². The summed E-state index contributed by atoms with van der Waals surface area (Å²) in [6, 6.07) is 22.0. The molecular formula is C33H33NO3. The van der Waals surface area contributed by atoms with Crippen molar-refractivity contribution in [3.63, 3.8) is 0 Å². The summed E-state index contributed by atoms with van der Waals surface area (Å²) in [6.45, 7) is 9.93. The number of hydrogen-bond acceptors (Lipinski definition) is 4. The van der Waals surface area contributed by atoms with E-state index in [1.54, 1.807) is 6.08 Å². The fourth-order valence-electron chi connectivity index (χ4n) is 5.17. The second kappa shape index (κ2) is 11.0. The minimum absolute atomic E-state index is 0.0831. The van der Waals surface area contributed by atoms with Crippen molar-refractivity contribution in [3.8, 4) is 0 Å². The van der Waals surface area contributed by atoms with Crippen molar-refractivity contribution in [2.45, 2.75) is 44.8 Å². The molecule has 0 saturated carbocycles. The van der Waals surface area contributed by atoms with Crippen molar-refractivity contribution in [3.05, 3.63) is 120 Å². The molecule has 0 saturated heterocycles.